The number of nitrogens with two attached hydrogens (primary N) is 1. The molecule has 4 aliphatic heterocycles. The van der Waals surface area contributed by atoms with Crippen LogP contribution in [0.1, 0.15) is 209 Å². The Kier molecular flexibility index (Phi) is 47.7. The number of aldehydes is 1. The molecule has 0 radical (unpaired) electrons. The summed E-state index contributed by atoms with van der Waals surface area (Å²) >= 11 is 29.6. The molecule has 0 spiro atoms. The minimum absolute atomic E-state index is 0. The zero-order chi connectivity index (χ0) is 87.3. The molecular weight excluding hydrogens is 1710 g/mol. The summed E-state index contributed by atoms with van der Waals surface area (Å²) in [4.78, 5) is 43.8. The molecule has 652 valence electrons. The maximum absolute atomic E-state index is 13.8. The van der Waals surface area contributed by atoms with E-state index in [1.807, 2.05) is 40.7 Å². The first-order valence-electron chi connectivity index (χ1n) is 42.6. The number of hydrogen-bond acceptors (Lipinski definition) is 15. The zero-order valence-corrected chi connectivity index (χ0v) is 88.8. The number of hydrogen-bond donors (Lipinski definition) is 6. The number of rotatable bonds is 31. The van der Waals surface area contributed by atoms with Crippen molar-refractivity contribution in [2.75, 3.05) is 44.6 Å². The topological polar surface area (TPSA) is 190 Å². The standard InChI is InChI=1S/C22H42BClN2O2Si2.C22H40BClN2O2Si2.C15H21ClN2O.C12H21BrClNSi2.C10H20BNO2.C4H9.ClH.Li/c2*1-9-10-14-22(15-11-16-25(22)23(2)28)21(27)18-12-13-20(19(24)17-18)26(29(3,4)5)30(6,7)8;1-2-3-7-15(8-4-9-18-15)14(19)11-5-6-13(17)12(16)10-11;1-16(2,3)15(17(4,5)6)12-8-7-10(13)9-11(12)14;1-3-4-6-10(9-13)7-5-8-12(10)11(2)14;1-4(2)3;;/h12-13,17,21,27-28H,9-11,14-16H2,1-8H3;12-13,17,28H,9-11,14-16H2,1-8H3;5-6,10,18H,2-4,7-9,17H2,1H3;7-9H,1-6H3;9,14H,3-8H2,1-2H3;1-3H3;1H;/q;;;;;-1;;+1. The Hall–Kier alpha value is -1.21. The molecule has 0 amide bonds. The first kappa shape index (κ1) is 113. The van der Waals surface area contributed by atoms with Gasteiger partial charge in [0.05, 0.1) is 48.5 Å². The van der Waals surface area contributed by atoms with E-state index in [-0.39, 0.29) is 48.4 Å². The van der Waals surface area contributed by atoms with Crippen LogP contribution in [0.3, 0.4) is 0 Å². The summed E-state index contributed by atoms with van der Waals surface area (Å²) in [6.45, 7) is 66.1. The third-order valence-corrected chi connectivity index (χ3v) is 45.4. The van der Waals surface area contributed by atoms with E-state index in [9.17, 15) is 34.6 Å². The molecule has 0 aliphatic carbocycles. The maximum atomic E-state index is 13.8. The van der Waals surface area contributed by atoms with E-state index >= 15 is 0 Å². The van der Waals surface area contributed by atoms with Crippen LogP contribution in [0.2, 0.25) is 158 Å². The van der Waals surface area contributed by atoms with E-state index in [0.29, 0.717) is 26.9 Å². The number of halogens is 6. The number of benzene rings is 4. The summed E-state index contributed by atoms with van der Waals surface area (Å²) in [5.41, 5.74) is 9.95. The molecule has 7 N–H and O–H groups in total. The van der Waals surface area contributed by atoms with Crippen molar-refractivity contribution in [1.82, 2.24) is 19.7 Å². The predicted octanol–water partition coefficient (Wildman–Crippen LogP) is 21.5. The Morgan fingerprint density at radius 1 is 0.526 bits per heavy atom. The second kappa shape index (κ2) is 49.1. The Morgan fingerprint density at radius 3 is 1.32 bits per heavy atom. The van der Waals surface area contributed by atoms with Crippen LogP contribution < -0.4 is 42.6 Å². The molecular formula is C85H154B3BrCl5LiN8O7Si6. The quantitative estimate of drug-likeness (QED) is 0.00917. The molecule has 4 saturated heterocycles. The van der Waals surface area contributed by atoms with Gasteiger partial charge < -0.3 is 69.1 Å². The number of aliphatic hydroxyl groups is 1. The second-order valence-electron chi connectivity index (χ2n) is 39.0. The van der Waals surface area contributed by atoms with Gasteiger partial charge in [-0.1, -0.05) is 265 Å². The van der Waals surface area contributed by atoms with E-state index in [4.69, 9.17) is 52.1 Å². The number of carbonyl (C=O) groups is 3. The van der Waals surface area contributed by atoms with Crippen LogP contribution in [0.15, 0.2) is 77.3 Å². The normalized spacial score (nSPS) is 20.2. The fourth-order valence-electron chi connectivity index (χ4n) is 18.5. The average Bonchev–Trinajstić information content (AvgIpc) is 0.861. The van der Waals surface area contributed by atoms with Crippen molar-refractivity contribution in [1.29, 1.82) is 0 Å². The summed E-state index contributed by atoms with van der Waals surface area (Å²) in [5, 5.41) is 48.1. The molecule has 31 heteroatoms. The largest absolute Gasteiger partial charge is 1.00 e. The average molecular weight is 1870 g/mol. The third-order valence-electron chi connectivity index (χ3n) is 22.1. The molecule has 8 rings (SSSR count). The molecule has 15 nitrogen and oxygen atoms in total. The van der Waals surface area contributed by atoms with Crippen LogP contribution in [0.25, 0.3) is 0 Å². The Morgan fingerprint density at radius 2 is 0.905 bits per heavy atom. The minimum atomic E-state index is -1.64. The van der Waals surface area contributed by atoms with Crippen LogP contribution in [0.5, 0.6) is 0 Å². The fourth-order valence-corrected chi connectivity index (χ4v) is 50.1. The number of nitrogen functional groups attached to an aromatic ring is 1. The van der Waals surface area contributed by atoms with Crippen LogP contribution in [-0.4, -0.2) is 171 Å². The van der Waals surface area contributed by atoms with Gasteiger partial charge in [-0.25, -0.2) is 0 Å². The molecule has 5 atom stereocenters. The van der Waals surface area contributed by atoms with Crippen molar-refractivity contribution in [3.05, 3.63) is 120 Å². The predicted molar refractivity (Wildman–Crippen MR) is 528 cm³/mol. The van der Waals surface area contributed by atoms with Crippen LogP contribution in [0.4, 0.5) is 22.7 Å². The molecule has 116 heavy (non-hydrogen) atoms. The number of nitrogens with zero attached hydrogens (tertiary/aromatic N) is 6. The number of ketones is 2. The maximum Gasteiger partial charge on any atom is 1.00 e. The number of Topliss-reactive ketones (excluding diaryl/α,β-unsaturated/α-hetero) is 2. The van der Waals surface area contributed by atoms with Crippen molar-refractivity contribution in [2.24, 2.45) is 0 Å². The van der Waals surface area contributed by atoms with Crippen LogP contribution in [-0.2, 0) is 4.79 Å². The van der Waals surface area contributed by atoms with Crippen molar-refractivity contribution < 1.29 is 53.4 Å². The SMILES string of the molecule is CCCCC1(C(=O)c2ccc(N([Si](C)(C)C)[Si](C)(C)C)c(Cl)c2)CCCN1B(C)O.CCCCC1(C(=O)c2ccc(N)c(Cl)c2)CCCN1.CCCCC1(C(O)c2ccc(N([Si](C)(C)C)[Si](C)(C)C)c(Cl)c2)CCCN1B(C)O.CCCCC1(C=O)CCCN1B(C)O.C[C-](C)C.C[Si](C)(C)N(c1ccc(Br)cc1Cl)[Si](C)(C)C.Cl.[Li+]. The van der Waals surface area contributed by atoms with Crippen LogP contribution in [0, 0.1) is 5.92 Å². The molecule has 4 aliphatic rings. The van der Waals surface area contributed by atoms with E-state index in [0.717, 1.165) is 192 Å². The van der Waals surface area contributed by atoms with Crippen molar-refractivity contribution in [3.8, 4) is 0 Å². The zero-order valence-electron chi connectivity index (χ0n) is 77.4. The van der Waals surface area contributed by atoms with Gasteiger partial charge in [-0.3, -0.25) is 9.59 Å². The van der Waals surface area contributed by atoms with E-state index in [1.165, 1.54) is 11.6 Å². The van der Waals surface area contributed by atoms with Gasteiger partial charge in [0.25, 0.3) is 0 Å². The van der Waals surface area contributed by atoms with Crippen molar-refractivity contribution in [3.63, 3.8) is 0 Å². The Labute approximate surface area is 760 Å². The molecule has 4 aromatic rings. The first-order valence-corrected chi connectivity index (χ1v) is 65.6. The van der Waals surface area contributed by atoms with Crippen molar-refractivity contribution in [2.45, 2.75) is 343 Å². The monoisotopic (exact) mass is 1860 g/mol. The van der Waals surface area contributed by atoms with E-state index < -0.39 is 93.3 Å². The summed E-state index contributed by atoms with van der Waals surface area (Å²) in [7, 11) is -11.0. The number of unbranched alkanes of at least 4 members (excludes halogenated alkanes) is 4. The van der Waals surface area contributed by atoms with Crippen molar-refractivity contribution >= 4 is 186 Å². The van der Waals surface area contributed by atoms with Gasteiger partial charge in [0.2, 0.25) is 0 Å². The molecule has 4 aromatic carbocycles. The minimum Gasteiger partial charge on any atom is -0.437 e. The number of carbonyl (C=O) groups excluding carboxylic acids is 3. The van der Waals surface area contributed by atoms with Gasteiger partial charge in [0.15, 0.2) is 11.6 Å². The summed E-state index contributed by atoms with van der Waals surface area (Å²) in [6.07, 6.45) is 19.8. The van der Waals surface area contributed by atoms with Gasteiger partial charge in [-0.2, -0.15) is 20.8 Å². The summed E-state index contributed by atoms with van der Waals surface area (Å²) in [6, 6.07) is 23.4. The van der Waals surface area contributed by atoms with E-state index in [1.54, 1.807) is 31.8 Å². The van der Waals surface area contributed by atoms with Gasteiger partial charge in [0.1, 0.15) is 55.7 Å². The number of aliphatic hydroxyl groups excluding tert-OH is 1. The van der Waals surface area contributed by atoms with Gasteiger partial charge in [-0.05, 0) is 196 Å². The number of nitrogens with one attached hydrogen (secondary N) is 1. The molecule has 4 heterocycles. The second-order valence-corrected chi connectivity index (χ2v) is 71.6. The summed E-state index contributed by atoms with van der Waals surface area (Å²) < 4.78 is 8.87. The van der Waals surface area contributed by atoms with E-state index in [2.05, 4.69) is 235 Å². The molecule has 4 fully saturated rings. The molecule has 0 aromatic heterocycles. The summed E-state index contributed by atoms with van der Waals surface area (Å²) in [5.74, 6) is 1.68. The molecule has 0 saturated carbocycles. The van der Waals surface area contributed by atoms with Gasteiger partial charge in [0, 0.05) is 38.2 Å². The first-order chi connectivity index (χ1) is 52.5. The molecule has 5 unspecified atom stereocenters. The van der Waals surface area contributed by atoms with Crippen LogP contribution >= 0.6 is 74.7 Å². The third kappa shape index (κ3) is 31.4. The number of anilines is 4. The molecule has 0 bridgehead atoms. The Bertz CT molecular complexity index is 3620. The Balaban J connectivity index is 0.000000732. The van der Waals surface area contributed by atoms with Gasteiger partial charge in [-0.15, -0.1) is 12.4 Å². The smallest absolute Gasteiger partial charge is 0.437 e. The fraction of sp³-hybridized carbons (Fsp3) is 0.671. The van der Waals surface area contributed by atoms with Gasteiger partial charge >= 0.3 is 40.0 Å².